The van der Waals surface area contributed by atoms with Crippen LogP contribution in [0.1, 0.15) is 11.1 Å². The van der Waals surface area contributed by atoms with Crippen molar-refractivity contribution in [2.24, 2.45) is 0 Å². The van der Waals surface area contributed by atoms with Crippen LogP contribution in [0.2, 0.25) is 0 Å². The summed E-state index contributed by atoms with van der Waals surface area (Å²) in [6, 6.07) is 9.19. The third kappa shape index (κ3) is 4.84. The smallest absolute Gasteiger partial charge is 0.229 e. The van der Waals surface area contributed by atoms with Crippen LogP contribution in [0.25, 0.3) is 12.2 Å². The molecule has 0 amide bonds. The van der Waals surface area contributed by atoms with E-state index in [1.54, 1.807) is 30.4 Å². The quantitative estimate of drug-likeness (QED) is 0.366. The zero-order valence-corrected chi connectivity index (χ0v) is 16.1. The van der Waals surface area contributed by atoms with E-state index in [9.17, 15) is 30.6 Å². The van der Waals surface area contributed by atoms with Gasteiger partial charge in [-0.2, -0.15) is 0 Å². The third-order valence-electron chi connectivity index (χ3n) is 4.69. The molecular weight excluding hydrogens is 396 g/mol. The molecule has 1 heterocycles. The highest BCUT2D eigenvalue weighted by molar-refractivity contribution is 5.72. The van der Waals surface area contributed by atoms with Crippen molar-refractivity contribution in [1.82, 2.24) is 0 Å². The van der Waals surface area contributed by atoms with Crippen molar-refractivity contribution in [3.05, 3.63) is 47.5 Å². The summed E-state index contributed by atoms with van der Waals surface area (Å²) in [5.74, 6) is 0.354. The number of methoxy groups -OCH3 is 1. The molecule has 0 spiro atoms. The Morgan fingerprint density at radius 2 is 1.67 bits per heavy atom. The van der Waals surface area contributed by atoms with Gasteiger partial charge in [-0.05, 0) is 35.4 Å². The second-order valence-electron chi connectivity index (χ2n) is 6.84. The summed E-state index contributed by atoms with van der Waals surface area (Å²) in [6.45, 7) is -0.576. The normalized spacial score (nSPS) is 26.6. The van der Waals surface area contributed by atoms with Crippen molar-refractivity contribution in [1.29, 1.82) is 0 Å². The second-order valence-corrected chi connectivity index (χ2v) is 6.84. The number of aliphatic hydroxyl groups is 4. The minimum Gasteiger partial charge on any atom is -0.508 e. The lowest BCUT2D eigenvalue weighted by atomic mass is 9.99. The van der Waals surface area contributed by atoms with Crippen molar-refractivity contribution in [2.45, 2.75) is 30.7 Å². The summed E-state index contributed by atoms with van der Waals surface area (Å²) in [7, 11) is 1.45. The standard InChI is InChI=1S/C21H24O9/c1-28-16-5-4-11(8-15(16)24)2-3-12-6-13(23)9-14(7-12)29-21-20(27)19(26)18(25)17(10-22)30-21/h2-9,17-27H,10H2,1H3/t17-,18-,19+,20-,21-/m1/s1. The van der Waals surface area contributed by atoms with Gasteiger partial charge in [-0.25, -0.2) is 0 Å². The molecule has 0 radical (unpaired) electrons. The Balaban J connectivity index is 1.77. The molecule has 162 valence electrons. The van der Waals surface area contributed by atoms with E-state index in [0.29, 0.717) is 16.9 Å². The fourth-order valence-corrected chi connectivity index (χ4v) is 3.07. The summed E-state index contributed by atoms with van der Waals surface area (Å²) >= 11 is 0. The number of rotatable bonds is 6. The molecule has 9 heteroatoms. The van der Waals surface area contributed by atoms with Gasteiger partial charge in [0.05, 0.1) is 13.7 Å². The topological polar surface area (TPSA) is 149 Å². The van der Waals surface area contributed by atoms with Crippen LogP contribution in [0.5, 0.6) is 23.0 Å². The highest BCUT2D eigenvalue weighted by Crippen LogP contribution is 2.30. The zero-order valence-electron chi connectivity index (χ0n) is 16.1. The van der Waals surface area contributed by atoms with Gasteiger partial charge in [0.25, 0.3) is 0 Å². The molecule has 0 bridgehead atoms. The number of aliphatic hydroxyl groups excluding tert-OH is 4. The van der Waals surface area contributed by atoms with Crippen LogP contribution in [0.3, 0.4) is 0 Å². The van der Waals surface area contributed by atoms with Crippen LogP contribution in [0.4, 0.5) is 0 Å². The molecule has 30 heavy (non-hydrogen) atoms. The van der Waals surface area contributed by atoms with Crippen molar-refractivity contribution in [3.63, 3.8) is 0 Å². The van der Waals surface area contributed by atoms with Gasteiger partial charge >= 0.3 is 0 Å². The SMILES string of the molecule is COc1ccc(C=Cc2cc(O)cc(O[C@@H]3O[C@H](CO)[C@@H](O)[C@H](O)[C@H]3O)c2)cc1O. The van der Waals surface area contributed by atoms with Crippen molar-refractivity contribution >= 4 is 12.2 Å². The average Bonchev–Trinajstić information content (AvgIpc) is 2.72. The van der Waals surface area contributed by atoms with Gasteiger partial charge in [-0.3, -0.25) is 0 Å². The number of phenolic OH excluding ortho intramolecular Hbond substituents is 2. The van der Waals surface area contributed by atoms with E-state index in [2.05, 4.69) is 0 Å². The van der Waals surface area contributed by atoms with Gasteiger partial charge in [0, 0.05) is 6.07 Å². The van der Waals surface area contributed by atoms with Gasteiger partial charge in [-0.1, -0.05) is 18.2 Å². The van der Waals surface area contributed by atoms with Crippen molar-refractivity contribution in [2.75, 3.05) is 13.7 Å². The van der Waals surface area contributed by atoms with Gasteiger partial charge in [0.15, 0.2) is 11.5 Å². The molecule has 1 aliphatic rings. The molecule has 0 saturated carbocycles. The molecule has 2 aromatic rings. The van der Waals surface area contributed by atoms with Crippen LogP contribution in [0.15, 0.2) is 36.4 Å². The summed E-state index contributed by atoms with van der Waals surface area (Å²) in [5.41, 5.74) is 1.23. The van der Waals surface area contributed by atoms with E-state index in [1.807, 2.05) is 0 Å². The number of hydrogen-bond donors (Lipinski definition) is 6. The predicted molar refractivity (Wildman–Crippen MR) is 106 cm³/mol. The summed E-state index contributed by atoms with van der Waals surface area (Å²) in [4.78, 5) is 0. The first-order valence-corrected chi connectivity index (χ1v) is 9.18. The largest absolute Gasteiger partial charge is 0.508 e. The maximum absolute atomic E-state index is 10.1. The van der Waals surface area contributed by atoms with Crippen LogP contribution in [-0.4, -0.2) is 75.1 Å². The molecule has 1 aliphatic heterocycles. The minimum absolute atomic E-state index is 0.0119. The molecule has 0 unspecified atom stereocenters. The van der Waals surface area contributed by atoms with Gasteiger partial charge in [0.1, 0.15) is 35.9 Å². The van der Waals surface area contributed by atoms with Gasteiger partial charge in [-0.15, -0.1) is 0 Å². The van der Waals surface area contributed by atoms with Crippen molar-refractivity contribution < 1.29 is 44.8 Å². The van der Waals surface area contributed by atoms with E-state index in [4.69, 9.17) is 14.2 Å². The van der Waals surface area contributed by atoms with Crippen LogP contribution >= 0.6 is 0 Å². The molecule has 9 nitrogen and oxygen atoms in total. The Morgan fingerprint density at radius 3 is 2.33 bits per heavy atom. The molecule has 3 rings (SSSR count). The first-order chi connectivity index (χ1) is 14.3. The first-order valence-electron chi connectivity index (χ1n) is 9.18. The molecule has 1 saturated heterocycles. The monoisotopic (exact) mass is 420 g/mol. The fourth-order valence-electron chi connectivity index (χ4n) is 3.07. The Bertz CT molecular complexity index is 896. The molecule has 2 aromatic carbocycles. The molecule has 6 N–H and O–H groups in total. The molecular formula is C21H24O9. The van der Waals surface area contributed by atoms with Crippen LogP contribution in [0, 0.1) is 0 Å². The number of hydrogen-bond acceptors (Lipinski definition) is 9. The molecule has 1 fully saturated rings. The lowest BCUT2D eigenvalue weighted by Gasteiger charge is -2.39. The number of aromatic hydroxyl groups is 2. The Hall–Kier alpha value is -2.82. The van der Waals surface area contributed by atoms with Crippen LogP contribution in [-0.2, 0) is 4.74 Å². The van der Waals surface area contributed by atoms with E-state index >= 15 is 0 Å². The van der Waals surface area contributed by atoms with E-state index in [-0.39, 0.29) is 17.2 Å². The second kappa shape index (κ2) is 9.33. The van der Waals surface area contributed by atoms with Gasteiger partial charge < -0.3 is 44.8 Å². The fraction of sp³-hybridized carbons (Fsp3) is 0.333. The summed E-state index contributed by atoms with van der Waals surface area (Å²) < 4.78 is 15.8. The Morgan fingerprint density at radius 1 is 0.933 bits per heavy atom. The third-order valence-corrected chi connectivity index (χ3v) is 4.69. The summed E-state index contributed by atoms with van der Waals surface area (Å²) in [6.07, 6.45) is -3.72. The molecule has 5 atom stereocenters. The lowest BCUT2D eigenvalue weighted by molar-refractivity contribution is -0.277. The number of phenols is 2. The lowest BCUT2D eigenvalue weighted by Crippen LogP contribution is -2.60. The first kappa shape index (κ1) is 21.9. The van der Waals surface area contributed by atoms with E-state index in [1.165, 1.54) is 25.3 Å². The Kier molecular flexibility index (Phi) is 6.80. The van der Waals surface area contributed by atoms with E-state index < -0.39 is 37.3 Å². The highest BCUT2D eigenvalue weighted by atomic mass is 16.7. The zero-order chi connectivity index (χ0) is 21.8. The molecule has 0 aliphatic carbocycles. The van der Waals surface area contributed by atoms with E-state index in [0.717, 1.165) is 0 Å². The van der Waals surface area contributed by atoms with Crippen LogP contribution < -0.4 is 9.47 Å². The van der Waals surface area contributed by atoms with Crippen molar-refractivity contribution in [3.8, 4) is 23.0 Å². The summed E-state index contributed by atoms with van der Waals surface area (Å²) in [5, 5.41) is 58.9. The minimum atomic E-state index is -1.57. The predicted octanol–water partition coefficient (Wildman–Crippen LogP) is 0.455. The molecule has 0 aromatic heterocycles. The maximum atomic E-state index is 10.1. The average molecular weight is 420 g/mol. The number of ether oxygens (including phenoxy) is 3. The maximum Gasteiger partial charge on any atom is 0.229 e. The number of benzene rings is 2. The van der Waals surface area contributed by atoms with Gasteiger partial charge in [0.2, 0.25) is 6.29 Å². The highest BCUT2D eigenvalue weighted by Gasteiger charge is 2.44. The Labute approximate surface area is 172 Å².